The minimum absolute atomic E-state index is 0.145. The van der Waals surface area contributed by atoms with Crippen LogP contribution in [0.5, 0.6) is 0 Å². The minimum atomic E-state index is -0.177. The van der Waals surface area contributed by atoms with E-state index in [1.165, 1.54) is 3.57 Å². The average molecular weight is 317 g/mol. The topological polar surface area (TPSA) is 38.3 Å². The molecule has 2 rings (SSSR count). The first-order valence-corrected chi connectivity index (χ1v) is 5.94. The van der Waals surface area contributed by atoms with E-state index in [4.69, 9.17) is 4.74 Å². The third kappa shape index (κ3) is 2.42. The molecule has 0 bridgehead atoms. The van der Waals surface area contributed by atoms with Crippen LogP contribution in [0.1, 0.15) is 12.0 Å². The van der Waals surface area contributed by atoms with Crippen molar-refractivity contribution in [2.24, 2.45) is 0 Å². The molecule has 0 aromatic heterocycles. The van der Waals surface area contributed by atoms with Gasteiger partial charge in [0, 0.05) is 15.7 Å². The number of esters is 1. The van der Waals surface area contributed by atoms with Gasteiger partial charge in [0.2, 0.25) is 0 Å². The van der Waals surface area contributed by atoms with Gasteiger partial charge in [0.1, 0.15) is 6.04 Å². The van der Waals surface area contributed by atoms with E-state index in [2.05, 4.69) is 34.0 Å². The summed E-state index contributed by atoms with van der Waals surface area (Å²) in [6.07, 6.45) is 0.754. The predicted molar refractivity (Wildman–Crippen MR) is 66.9 cm³/mol. The van der Waals surface area contributed by atoms with E-state index in [0.29, 0.717) is 6.61 Å². The van der Waals surface area contributed by atoms with Gasteiger partial charge in [0.15, 0.2) is 0 Å². The summed E-state index contributed by atoms with van der Waals surface area (Å²) in [6, 6.07) is 5.94. The normalized spacial score (nSPS) is 20.1. The van der Waals surface area contributed by atoms with Crippen LogP contribution in [0.4, 0.5) is 5.69 Å². The third-order valence-electron chi connectivity index (χ3n) is 2.45. The summed E-state index contributed by atoms with van der Waals surface area (Å²) in [6.45, 7) is 2.56. The first-order chi connectivity index (χ1) is 7.16. The van der Waals surface area contributed by atoms with Gasteiger partial charge in [-0.1, -0.05) is 0 Å². The molecule has 1 atom stereocenters. The van der Waals surface area contributed by atoms with E-state index in [-0.39, 0.29) is 12.0 Å². The maximum Gasteiger partial charge on any atom is 0.328 e. The standard InChI is InChI=1S/C11H12INO2/c1-7-6-8(12)2-3-9(7)13-10-4-5-15-11(10)14/h2-3,6,10,13H,4-5H2,1H3/t10-/m0/s1. The van der Waals surface area contributed by atoms with Gasteiger partial charge in [-0.3, -0.25) is 0 Å². The number of ether oxygens (including phenoxy) is 1. The van der Waals surface area contributed by atoms with Gasteiger partial charge in [-0.15, -0.1) is 0 Å². The van der Waals surface area contributed by atoms with Crippen LogP contribution in [-0.2, 0) is 9.53 Å². The number of hydrogen-bond acceptors (Lipinski definition) is 3. The molecule has 4 heteroatoms. The molecular weight excluding hydrogens is 305 g/mol. The quantitative estimate of drug-likeness (QED) is 0.672. The van der Waals surface area contributed by atoms with E-state index in [9.17, 15) is 4.79 Å². The summed E-state index contributed by atoms with van der Waals surface area (Å²) >= 11 is 2.27. The Balaban J connectivity index is 2.13. The van der Waals surface area contributed by atoms with Gasteiger partial charge in [0.05, 0.1) is 6.61 Å². The highest BCUT2D eigenvalue weighted by Crippen LogP contribution is 2.20. The molecule has 1 aromatic carbocycles. The molecule has 3 nitrogen and oxygen atoms in total. The second-order valence-electron chi connectivity index (χ2n) is 3.61. The number of anilines is 1. The Kier molecular flexibility index (Phi) is 3.14. The Hall–Kier alpha value is -0.780. The fourth-order valence-electron chi connectivity index (χ4n) is 1.60. The van der Waals surface area contributed by atoms with E-state index in [1.807, 2.05) is 19.1 Å². The lowest BCUT2D eigenvalue weighted by atomic mass is 10.1. The first kappa shape index (κ1) is 10.7. The lowest BCUT2D eigenvalue weighted by Gasteiger charge is -2.12. The average Bonchev–Trinajstić information content (AvgIpc) is 2.57. The Morgan fingerprint density at radius 2 is 2.33 bits per heavy atom. The second-order valence-corrected chi connectivity index (χ2v) is 4.86. The molecule has 0 saturated carbocycles. The predicted octanol–water partition coefficient (Wildman–Crippen LogP) is 2.33. The van der Waals surface area contributed by atoms with Crippen molar-refractivity contribution >= 4 is 34.2 Å². The van der Waals surface area contributed by atoms with Crippen LogP contribution in [-0.4, -0.2) is 18.6 Å². The number of rotatable bonds is 2. The second kappa shape index (κ2) is 4.38. The number of hydrogen-bond donors (Lipinski definition) is 1. The molecule has 1 aliphatic rings. The van der Waals surface area contributed by atoms with Crippen molar-refractivity contribution in [2.75, 3.05) is 11.9 Å². The van der Waals surface area contributed by atoms with Crippen LogP contribution in [0.2, 0.25) is 0 Å². The first-order valence-electron chi connectivity index (χ1n) is 4.86. The Morgan fingerprint density at radius 3 is 2.93 bits per heavy atom. The van der Waals surface area contributed by atoms with Gasteiger partial charge in [-0.25, -0.2) is 4.79 Å². The monoisotopic (exact) mass is 317 g/mol. The highest BCUT2D eigenvalue weighted by molar-refractivity contribution is 14.1. The van der Waals surface area contributed by atoms with E-state index in [1.54, 1.807) is 0 Å². The molecule has 1 saturated heterocycles. The molecule has 1 fully saturated rings. The Morgan fingerprint density at radius 1 is 1.53 bits per heavy atom. The van der Waals surface area contributed by atoms with Crippen LogP contribution in [0, 0.1) is 10.5 Å². The summed E-state index contributed by atoms with van der Waals surface area (Å²) in [5.74, 6) is -0.145. The Labute approximate surface area is 102 Å². The molecule has 0 amide bonds. The zero-order valence-corrected chi connectivity index (χ0v) is 10.6. The van der Waals surface area contributed by atoms with Crippen LogP contribution >= 0.6 is 22.6 Å². The molecule has 0 spiro atoms. The molecule has 1 heterocycles. The van der Waals surface area contributed by atoms with Gasteiger partial charge in [-0.05, 0) is 53.3 Å². The van der Waals surface area contributed by atoms with Gasteiger partial charge >= 0.3 is 5.97 Å². The molecule has 0 unspecified atom stereocenters. The molecule has 15 heavy (non-hydrogen) atoms. The van der Waals surface area contributed by atoms with E-state index >= 15 is 0 Å². The molecule has 1 N–H and O–H groups in total. The van der Waals surface area contributed by atoms with Gasteiger partial charge in [-0.2, -0.15) is 0 Å². The molecule has 80 valence electrons. The van der Waals surface area contributed by atoms with Crippen LogP contribution in [0.25, 0.3) is 0 Å². The summed E-state index contributed by atoms with van der Waals surface area (Å²) in [5.41, 5.74) is 2.17. The number of cyclic esters (lactones) is 1. The largest absolute Gasteiger partial charge is 0.464 e. The van der Waals surface area contributed by atoms with Crippen molar-refractivity contribution in [1.29, 1.82) is 0 Å². The van der Waals surface area contributed by atoms with Gasteiger partial charge in [0.25, 0.3) is 0 Å². The van der Waals surface area contributed by atoms with Crippen molar-refractivity contribution < 1.29 is 9.53 Å². The molecular formula is C11H12INO2. The summed E-state index contributed by atoms with van der Waals surface area (Å²) in [4.78, 5) is 11.3. The third-order valence-corrected chi connectivity index (χ3v) is 3.12. The van der Waals surface area contributed by atoms with Crippen LogP contribution in [0.3, 0.4) is 0 Å². The van der Waals surface area contributed by atoms with Crippen molar-refractivity contribution in [3.05, 3.63) is 27.3 Å². The minimum Gasteiger partial charge on any atom is -0.464 e. The van der Waals surface area contributed by atoms with Crippen molar-refractivity contribution in [1.82, 2.24) is 0 Å². The zero-order valence-electron chi connectivity index (χ0n) is 8.42. The SMILES string of the molecule is Cc1cc(I)ccc1N[C@H]1CCOC1=O. The van der Waals surface area contributed by atoms with Crippen molar-refractivity contribution in [3.8, 4) is 0 Å². The number of aryl methyl sites for hydroxylation is 1. The van der Waals surface area contributed by atoms with Gasteiger partial charge < -0.3 is 10.1 Å². The molecule has 1 aliphatic heterocycles. The molecule has 0 aliphatic carbocycles. The van der Waals surface area contributed by atoms with Crippen LogP contribution in [0.15, 0.2) is 18.2 Å². The van der Waals surface area contributed by atoms with Crippen molar-refractivity contribution in [3.63, 3.8) is 0 Å². The smallest absolute Gasteiger partial charge is 0.328 e. The highest BCUT2D eigenvalue weighted by Gasteiger charge is 2.26. The van der Waals surface area contributed by atoms with Crippen LogP contribution < -0.4 is 5.32 Å². The van der Waals surface area contributed by atoms with E-state index in [0.717, 1.165) is 17.7 Å². The molecule has 0 radical (unpaired) electrons. The maximum absolute atomic E-state index is 11.3. The summed E-state index contributed by atoms with van der Waals surface area (Å²) < 4.78 is 6.10. The maximum atomic E-state index is 11.3. The zero-order chi connectivity index (χ0) is 10.8. The number of benzene rings is 1. The fraction of sp³-hybridized carbons (Fsp3) is 0.364. The number of nitrogens with one attached hydrogen (secondary N) is 1. The van der Waals surface area contributed by atoms with E-state index < -0.39 is 0 Å². The lowest BCUT2D eigenvalue weighted by Crippen LogP contribution is -2.24. The highest BCUT2D eigenvalue weighted by atomic mass is 127. The number of carbonyl (C=O) groups excluding carboxylic acids is 1. The lowest BCUT2D eigenvalue weighted by molar-refractivity contribution is -0.138. The fourth-order valence-corrected chi connectivity index (χ4v) is 2.25. The summed E-state index contributed by atoms with van der Waals surface area (Å²) in [5, 5.41) is 3.21. The number of carbonyl (C=O) groups is 1. The number of halogens is 1. The summed E-state index contributed by atoms with van der Waals surface area (Å²) in [7, 11) is 0. The van der Waals surface area contributed by atoms with Crippen molar-refractivity contribution in [2.45, 2.75) is 19.4 Å². The Bertz CT molecular complexity index is 392. The molecule has 1 aromatic rings.